The van der Waals surface area contributed by atoms with Crippen molar-refractivity contribution >= 4 is 41.3 Å². The van der Waals surface area contributed by atoms with E-state index in [1.54, 1.807) is 22.9 Å². The Balaban J connectivity index is 1.55. The molecule has 0 aliphatic carbocycles. The summed E-state index contributed by atoms with van der Waals surface area (Å²) in [6.45, 7) is 3.70. The van der Waals surface area contributed by atoms with Gasteiger partial charge in [-0.1, -0.05) is 11.8 Å². The molecule has 0 fully saturated rings. The Morgan fingerprint density at radius 2 is 1.43 bits per heavy atom. The van der Waals surface area contributed by atoms with Crippen molar-refractivity contribution in [3.63, 3.8) is 0 Å². The first-order chi connectivity index (χ1) is 17.6. The second-order valence-corrected chi connectivity index (χ2v) is 9.29. The number of carbonyl (C=O) groups is 2. The average Bonchev–Trinajstić information content (AvgIpc) is 3.16. The maximum absolute atomic E-state index is 11.5. The van der Waals surface area contributed by atoms with E-state index in [-0.39, 0.29) is 16.8 Å². The van der Waals surface area contributed by atoms with Crippen LogP contribution in [0.15, 0.2) is 87.6 Å². The molecule has 9 nitrogen and oxygen atoms in total. The van der Waals surface area contributed by atoms with Crippen LogP contribution in [0.5, 0.6) is 0 Å². The van der Waals surface area contributed by atoms with Gasteiger partial charge >= 0.3 is 11.9 Å². The summed E-state index contributed by atoms with van der Waals surface area (Å²) in [5.41, 5.74) is 3.38. The molecular formula is C27H21N3O6S. The molecule has 37 heavy (non-hydrogen) atoms. The van der Waals surface area contributed by atoms with Gasteiger partial charge in [-0.05, 0) is 74.5 Å². The number of aliphatic imine (C=N–C) groups is 1. The zero-order valence-electron chi connectivity index (χ0n) is 19.8. The topological polar surface area (TPSA) is 135 Å². The molecule has 186 valence electrons. The summed E-state index contributed by atoms with van der Waals surface area (Å²) in [6.07, 6.45) is 1.70. The molecule has 4 rings (SSSR count). The third-order valence-corrected chi connectivity index (χ3v) is 6.63. The third-order valence-electron chi connectivity index (χ3n) is 5.61. The van der Waals surface area contributed by atoms with E-state index >= 15 is 0 Å². The quantitative estimate of drug-likeness (QED) is 0.160. The number of aromatic carboxylic acids is 2. The van der Waals surface area contributed by atoms with E-state index in [4.69, 9.17) is 0 Å². The van der Waals surface area contributed by atoms with Gasteiger partial charge in [-0.3, -0.25) is 15.1 Å². The van der Waals surface area contributed by atoms with Crippen LogP contribution in [0.3, 0.4) is 0 Å². The predicted molar refractivity (Wildman–Crippen MR) is 140 cm³/mol. The first-order valence-corrected chi connectivity index (χ1v) is 11.8. The van der Waals surface area contributed by atoms with Crippen LogP contribution in [0, 0.1) is 24.0 Å². The van der Waals surface area contributed by atoms with Crippen molar-refractivity contribution in [3.05, 3.63) is 111 Å². The van der Waals surface area contributed by atoms with Crippen LogP contribution >= 0.6 is 11.8 Å². The number of carboxylic acids is 2. The number of nitro groups is 1. The summed E-state index contributed by atoms with van der Waals surface area (Å²) in [5, 5.41) is 29.6. The SMILES string of the molecule is Cc1cc(C=Nc2ccc(Sc3ccc([N+](=O)[O-])cc3)cc2)c(C)n1-c1cc(C(=O)O)cc(C(=O)O)c1. The molecule has 1 aromatic heterocycles. The average molecular weight is 516 g/mol. The second-order valence-electron chi connectivity index (χ2n) is 8.15. The summed E-state index contributed by atoms with van der Waals surface area (Å²) in [5.74, 6) is -2.41. The van der Waals surface area contributed by atoms with E-state index in [0.717, 1.165) is 38.5 Å². The van der Waals surface area contributed by atoms with E-state index in [2.05, 4.69) is 4.99 Å². The van der Waals surface area contributed by atoms with Gasteiger partial charge in [-0.2, -0.15) is 0 Å². The molecule has 0 bridgehead atoms. The number of hydrogen-bond donors (Lipinski definition) is 2. The molecule has 0 atom stereocenters. The summed E-state index contributed by atoms with van der Waals surface area (Å²) in [6, 6.07) is 19.8. The summed E-state index contributed by atoms with van der Waals surface area (Å²) < 4.78 is 1.80. The molecule has 0 saturated heterocycles. The maximum atomic E-state index is 11.5. The number of aromatic nitrogens is 1. The lowest BCUT2D eigenvalue weighted by Crippen LogP contribution is -2.07. The second kappa shape index (κ2) is 10.5. The lowest BCUT2D eigenvalue weighted by molar-refractivity contribution is -0.384. The smallest absolute Gasteiger partial charge is 0.335 e. The first kappa shape index (κ1) is 25.4. The Bertz CT molecular complexity index is 1510. The van der Waals surface area contributed by atoms with Gasteiger partial charge in [0.1, 0.15) is 0 Å². The molecule has 0 spiro atoms. The van der Waals surface area contributed by atoms with E-state index in [0.29, 0.717) is 5.69 Å². The van der Waals surface area contributed by atoms with E-state index in [1.165, 1.54) is 36.0 Å². The van der Waals surface area contributed by atoms with Crippen molar-refractivity contribution in [1.82, 2.24) is 4.57 Å². The number of carboxylic acid groups (broad SMARTS) is 2. The third kappa shape index (κ3) is 5.76. The number of nitrogens with zero attached hydrogens (tertiary/aromatic N) is 3. The summed E-state index contributed by atoms with van der Waals surface area (Å²) in [7, 11) is 0. The number of hydrogen-bond acceptors (Lipinski definition) is 6. The highest BCUT2D eigenvalue weighted by molar-refractivity contribution is 7.99. The van der Waals surface area contributed by atoms with Gasteiger partial charge in [0.2, 0.25) is 0 Å². The van der Waals surface area contributed by atoms with Crippen LogP contribution in [0.2, 0.25) is 0 Å². The number of nitro benzene ring substituents is 1. The molecule has 0 saturated carbocycles. The van der Waals surface area contributed by atoms with E-state index in [1.807, 2.05) is 44.2 Å². The predicted octanol–water partition coefficient (Wildman–Crippen LogP) is 6.30. The molecule has 10 heteroatoms. The van der Waals surface area contributed by atoms with Crippen molar-refractivity contribution in [1.29, 1.82) is 0 Å². The number of aryl methyl sites for hydroxylation is 1. The highest BCUT2D eigenvalue weighted by atomic mass is 32.2. The summed E-state index contributed by atoms with van der Waals surface area (Å²) in [4.78, 5) is 39.8. The van der Waals surface area contributed by atoms with Gasteiger partial charge in [0.05, 0.1) is 21.7 Å². The molecule has 4 aromatic rings. The number of rotatable bonds is 8. The Labute approximate surface area is 215 Å². The number of benzene rings is 3. The standard InChI is InChI=1S/C27H21N3O6S/c1-16-11-20(17(2)29(16)23-13-18(26(31)32)12-19(14-23)27(33)34)15-28-21-3-7-24(8-4-21)37-25-9-5-22(6-10-25)30(35)36/h3-15H,1-2H3,(H,31,32)(H,33,34). The molecule has 2 N–H and O–H groups in total. The lowest BCUT2D eigenvalue weighted by atomic mass is 10.1. The van der Waals surface area contributed by atoms with Gasteiger partial charge in [0.15, 0.2) is 0 Å². The van der Waals surface area contributed by atoms with Gasteiger partial charge in [0.25, 0.3) is 5.69 Å². The fourth-order valence-corrected chi connectivity index (χ4v) is 4.64. The Morgan fingerprint density at radius 3 is 1.95 bits per heavy atom. The monoisotopic (exact) mass is 515 g/mol. The van der Waals surface area contributed by atoms with Gasteiger partial charge in [0, 0.05) is 50.8 Å². The molecule has 0 aliphatic heterocycles. The fraction of sp³-hybridized carbons (Fsp3) is 0.0741. The van der Waals surface area contributed by atoms with Crippen LogP contribution in [-0.2, 0) is 0 Å². The maximum Gasteiger partial charge on any atom is 0.335 e. The van der Waals surface area contributed by atoms with Crippen LogP contribution in [0.1, 0.15) is 37.7 Å². The van der Waals surface area contributed by atoms with Crippen molar-refractivity contribution < 1.29 is 24.7 Å². The minimum atomic E-state index is -1.20. The van der Waals surface area contributed by atoms with Crippen molar-refractivity contribution in [2.24, 2.45) is 4.99 Å². The van der Waals surface area contributed by atoms with Crippen molar-refractivity contribution in [2.45, 2.75) is 23.6 Å². The van der Waals surface area contributed by atoms with Crippen molar-refractivity contribution in [3.8, 4) is 5.69 Å². The molecular weight excluding hydrogens is 494 g/mol. The van der Waals surface area contributed by atoms with E-state index in [9.17, 15) is 29.9 Å². The normalized spacial score (nSPS) is 11.1. The molecule has 0 unspecified atom stereocenters. The van der Waals surface area contributed by atoms with Crippen molar-refractivity contribution in [2.75, 3.05) is 0 Å². The van der Waals surface area contributed by atoms with Gasteiger partial charge < -0.3 is 14.8 Å². The van der Waals surface area contributed by atoms with Crippen LogP contribution in [-0.4, -0.2) is 37.9 Å². The van der Waals surface area contributed by atoms with Crippen LogP contribution < -0.4 is 0 Å². The van der Waals surface area contributed by atoms with Gasteiger partial charge in [-0.15, -0.1) is 0 Å². The Morgan fingerprint density at radius 1 is 0.892 bits per heavy atom. The number of non-ortho nitro benzene ring substituents is 1. The molecule has 0 radical (unpaired) electrons. The zero-order valence-corrected chi connectivity index (χ0v) is 20.6. The zero-order chi connectivity index (χ0) is 26.7. The Kier molecular flexibility index (Phi) is 7.21. The largest absolute Gasteiger partial charge is 0.478 e. The highest BCUT2D eigenvalue weighted by Crippen LogP contribution is 2.30. The molecule has 1 heterocycles. The molecule has 0 amide bonds. The molecule has 3 aromatic carbocycles. The first-order valence-electron chi connectivity index (χ1n) is 11.0. The minimum Gasteiger partial charge on any atom is -0.478 e. The fourth-order valence-electron chi connectivity index (χ4n) is 3.82. The van der Waals surface area contributed by atoms with Gasteiger partial charge in [-0.25, -0.2) is 9.59 Å². The van der Waals surface area contributed by atoms with Crippen LogP contribution in [0.4, 0.5) is 11.4 Å². The highest BCUT2D eigenvalue weighted by Gasteiger charge is 2.16. The Hall–Kier alpha value is -4.70. The van der Waals surface area contributed by atoms with Crippen LogP contribution in [0.25, 0.3) is 5.69 Å². The minimum absolute atomic E-state index is 0.0466. The molecule has 0 aliphatic rings. The lowest BCUT2D eigenvalue weighted by Gasteiger charge is -2.12. The van der Waals surface area contributed by atoms with E-state index < -0.39 is 16.9 Å². The summed E-state index contributed by atoms with van der Waals surface area (Å²) >= 11 is 1.48.